The van der Waals surface area contributed by atoms with Crippen molar-refractivity contribution in [3.05, 3.63) is 22.4 Å². The molecule has 0 spiro atoms. The lowest BCUT2D eigenvalue weighted by Crippen LogP contribution is -2.37. The van der Waals surface area contributed by atoms with Gasteiger partial charge in [-0.2, -0.15) is 0 Å². The van der Waals surface area contributed by atoms with Gasteiger partial charge in [-0.3, -0.25) is 4.79 Å². The first-order chi connectivity index (χ1) is 9.15. The van der Waals surface area contributed by atoms with Gasteiger partial charge < -0.3 is 20.3 Å². The fraction of sp³-hybridized carbons (Fsp3) is 0.615. The Bertz CT molecular complexity index is 414. The molecule has 0 bridgehead atoms. The number of aromatic amines is 1. The Labute approximate surface area is 121 Å². The molecule has 1 fully saturated rings. The van der Waals surface area contributed by atoms with Crippen LogP contribution in [-0.4, -0.2) is 53.2 Å². The van der Waals surface area contributed by atoms with E-state index in [1.807, 2.05) is 0 Å². The van der Waals surface area contributed by atoms with Gasteiger partial charge in [0.25, 0.3) is 5.91 Å². The predicted octanol–water partition coefficient (Wildman–Crippen LogP) is 1.35. The lowest BCUT2D eigenvalue weighted by Gasteiger charge is -2.29. The maximum absolute atomic E-state index is 11.7. The number of rotatable bonds is 5. The number of aliphatic hydroxyl groups is 1. The third kappa shape index (κ3) is 4.63. The van der Waals surface area contributed by atoms with Crippen LogP contribution in [0.25, 0.3) is 0 Å². The van der Waals surface area contributed by atoms with Gasteiger partial charge >= 0.3 is 0 Å². The number of carbonyl (C=O) groups is 1. The van der Waals surface area contributed by atoms with Crippen LogP contribution in [0.15, 0.2) is 16.7 Å². The Morgan fingerprint density at radius 3 is 2.89 bits per heavy atom. The molecule has 0 aromatic carbocycles. The van der Waals surface area contributed by atoms with E-state index in [1.165, 1.54) is 0 Å². The normalized spacial score (nSPS) is 17.6. The van der Waals surface area contributed by atoms with E-state index in [-0.39, 0.29) is 12.0 Å². The Hall–Kier alpha value is -0.850. The van der Waals surface area contributed by atoms with Gasteiger partial charge in [0.2, 0.25) is 0 Å². The zero-order valence-corrected chi connectivity index (χ0v) is 12.4. The van der Waals surface area contributed by atoms with E-state index in [9.17, 15) is 9.90 Å². The van der Waals surface area contributed by atoms with E-state index in [1.54, 1.807) is 12.3 Å². The molecule has 0 unspecified atom stereocenters. The molecule has 2 rings (SSSR count). The monoisotopic (exact) mass is 329 g/mol. The Balaban J connectivity index is 1.60. The van der Waals surface area contributed by atoms with Gasteiger partial charge in [0.1, 0.15) is 5.69 Å². The van der Waals surface area contributed by atoms with Crippen LogP contribution in [0.3, 0.4) is 0 Å². The van der Waals surface area contributed by atoms with Crippen LogP contribution < -0.4 is 5.32 Å². The molecule has 5 nitrogen and oxygen atoms in total. The Kier molecular flexibility index (Phi) is 5.42. The van der Waals surface area contributed by atoms with Crippen molar-refractivity contribution >= 4 is 21.8 Å². The average molecular weight is 330 g/mol. The van der Waals surface area contributed by atoms with E-state index in [2.05, 4.69) is 31.1 Å². The van der Waals surface area contributed by atoms with Crippen molar-refractivity contribution < 1.29 is 9.90 Å². The van der Waals surface area contributed by atoms with Crippen molar-refractivity contribution in [1.82, 2.24) is 15.2 Å². The highest BCUT2D eigenvalue weighted by Crippen LogP contribution is 2.11. The average Bonchev–Trinajstić information content (AvgIpc) is 2.83. The van der Waals surface area contributed by atoms with Crippen LogP contribution >= 0.6 is 15.9 Å². The zero-order valence-electron chi connectivity index (χ0n) is 10.9. The molecule has 0 saturated carbocycles. The summed E-state index contributed by atoms with van der Waals surface area (Å²) in [6, 6.07) is 1.77. The summed E-state index contributed by atoms with van der Waals surface area (Å²) in [6.45, 7) is 3.56. The maximum atomic E-state index is 11.7. The Morgan fingerprint density at radius 2 is 2.26 bits per heavy atom. The predicted molar refractivity (Wildman–Crippen MR) is 77.1 cm³/mol. The van der Waals surface area contributed by atoms with Crippen LogP contribution in [0.4, 0.5) is 0 Å². The number of likely N-dealkylation sites (tertiary alicyclic amines) is 1. The molecule has 1 aromatic rings. The van der Waals surface area contributed by atoms with Gasteiger partial charge in [0.05, 0.1) is 6.10 Å². The second-order valence-corrected chi connectivity index (χ2v) is 5.83. The largest absolute Gasteiger partial charge is 0.393 e. The van der Waals surface area contributed by atoms with Crippen LogP contribution in [0.5, 0.6) is 0 Å². The standard InChI is InChI=1S/C13H20BrN3O2/c14-10-8-12(16-9-10)13(19)15-4-1-5-17-6-2-11(18)3-7-17/h8-9,11,16,18H,1-7H2,(H,15,19). The summed E-state index contributed by atoms with van der Waals surface area (Å²) in [5.74, 6) is -0.0697. The van der Waals surface area contributed by atoms with Gasteiger partial charge in [-0.1, -0.05) is 0 Å². The number of nitrogens with one attached hydrogen (secondary N) is 2. The summed E-state index contributed by atoms with van der Waals surface area (Å²) in [5, 5.41) is 12.3. The summed E-state index contributed by atoms with van der Waals surface area (Å²) >= 11 is 3.30. The quantitative estimate of drug-likeness (QED) is 0.714. The minimum atomic E-state index is -0.123. The van der Waals surface area contributed by atoms with Gasteiger partial charge in [-0.15, -0.1) is 0 Å². The van der Waals surface area contributed by atoms with Crippen LogP contribution in [0.2, 0.25) is 0 Å². The fourth-order valence-electron chi connectivity index (χ4n) is 2.24. The first kappa shape index (κ1) is 14.6. The van der Waals surface area contributed by atoms with Crippen molar-refractivity contribution in [1.29, 1.82) is 0 Å². The van der Waals surface area contributed by atoms with E-state index < -0.39 is 0 Å². The summed E-state index contributed by atoms with van der Waals surface area (Å²) in [7, 11) is 0. The highest BCUT2D eigenvalue weighted by molar-refractivity contribution is 9.10. The lowest BCUT2D eigenvalue weighted by atomic mass is 10.1. The van der Waals surface area contributed by atoms with Crippen molar-refractivity contribution in [3.63, 3.8) is 0 Å². The fourth-order valence-corrected chi connectivity index (χ4v) is 2.59. The van der Waals surface area contributed by atoms with Crippen molar-refractivity contribution in [2.45, 2.75) is 25.4 Å². The van der Waals surface area contributed by atoms with Crippen LogP contribution in [0, 0.1) is 0 Å². The van der Waals surface area contributed by atoms with Gasteiger partial charge in [0.15, 0.2) is 0 Å². The van der Waals surface area contributed by atoms with Crippen LogP contribution in [0.1, 0.15) is 29.8 Å². The van der Waals surface area contributed by atoms with Crippen LogP contribution in [-0.2, 0) is 0 Å². The Morgan fingerprint density at radius 1 is 1.53 bits per heavy atom. The van der Waals surface area contributed by atoms with E-state index in [0.717, 1.165) is 43.4 Å². The number of amides is 1. The lowest BCUT2D eigenvalue weighted by molar-refractivity contribution is 0.0816. The number of aromatic nitrogens is 1. The molecule has 1 saturated heterocycles. The minimum Gasteiger partial charge on any atom is -0.393 e. The number of aliphatic hydroxyl groups excluding tert-OH is 1. The zero-order chi connectivity index (χ0) is 13.7. The summed E-state index contributed by atoms with van der Waals surface area (Å²) in [6.07, 6.45) is 4.28. The van der Waals surface area contributed by atoms with Gasteiger partial charge in [-0.25, -0.2) is 0 Å². The molecule has 3 N–H and O–H groups in total. The van der Waals surface area contributed by atoms with Crippen molar-refractivity contribution in [2.24, 2.45) is 0 Å². The molecule has 1 aliphatic rings. The minimum absolute atomic E-state index is 0.0697. The molecule has 106 valence electrons. The first-order valence-corrected chi connectivity index (χ1v) is 7.47. The highest BCUT2D eigenvalue weighted by Gasteiger charge is 2.16. The van der Waals surface area contributed by atoms with Gasteiger partial charge in [0, 0.05) is 30.3 Å². The summed E-state index contributed by atoms with van der Waals surface area (Å²) < 4.78 is 0.879. The third-order valence-corrected chi connectivity index (χ3v) is 3.84. The number of halogens is 1. The van der Waals surface area contributed by atoms with E-state index >= 15 is 0 Å². The molecule has 6 heteroatoms. The number of piperidine rings is 1. The summed E-state index contributed by atoms with van der Waals surface area (Å²) in [4.78, 5) is 17.0. The molecule has 0 atom stereocenters. The maximum Gasteiger partial charge on any atom is 0.267 e. The molecule has 1 aliphatic heterocycles. The second kappa shape index (κ2) is 7.07. The van der Waals surface area contributed by atoms with Crippen molar-refractivity contribution in [2.75, 3.05) is 26.2 Å². The SMILES string of the molecule is O=C(NCCCN1CCC(O)CC1)c1cc(Br)c[nH]1. The van der Waals surface area contributed by atoms with Crippen molar-refractivity contribution in [3.8, 4) is 0 Å². The number of hydrogen-bond donors (Lipinski definition) is 3. The number of nitrogens with zero attached hydrogens (tertiary/aromatic N) is 1. The molecule has 2 heterocycles. The molecule has 19 heavy (non-hydrogen) atoms. The smallest absolute Gasteiger partial charge is 0.267 e. The molecule has 0 aliphatic carbocycles. The van der Waals surface area contributed by atoms with E-state index in [4.69, 9.17) is 0 Å². The number of hydrogen-bond acceptors (Lipinski definition) is 3. The topological polar surface area (TPSA) is 68.4 Å². The molecular weight excluding hydrogens is 310 g/mol. The highest BCUT2D eigenvalue weighted by atomic mass is 79.9. The number of carbonyl (C=O) groups excluding carboxylic acids is 1. The van der Waals surface area contributed by atoms with E-state index in [0.29, 0.717) is 12.2 Å². The third-order valence-electron chi connectivity index (χ3n) is 3.39. The van der Waals surface area contributed by atoms with Gasteiger partial charge in [-0.05, 0) is 47.8 Å². The molecule has 1 aromatic heterocycles. The number of H-pyrrole nitrogens is 1. The first-order valence-electron chi connectivity index (χ1n) is 6.67. The molecule has 1 amide bonds. The molecular formula is C13H20BrN3O2. The molecule has 0 radical (unpaired) electrons. The second-order valence-electron chi connectivity index (χ2n) is 4.91. The summed E-state index contributed by atoms with van der Waals surface area (Å²) in [5.41, 5.74) is 0.577.